The molecule has 0 rings (SSSR count). The minimum atomic E-state index is -0.886. The fraction of sp³-hybridized carbons (Fsp3) is 0.672. The third-order valence-corrected chi connectivity index (χ3v) is 11.2. The number of quaternary nitrogens is 1. The van der Waals surface area contributed by atoms with Crippen molar-refractivity contribution >= 4 is 17.9 Å². The monoisotopic (exact) mass is 921 g/mol. The summed E-state index contributed by atoms with van der Waals surface area (Å²) in [6.07, 6.45) is 64.7. The molecule has 8 nitrogen and oxygen atoms in total. The van der Waals surface area contributed by atoms with Gasteiger partial charge >= 0.3 is 17.9 Å². The molecule has 0 aromatic rings. The van der Waals surface area contributed by atoms with Gasteiger partial charge in [-0.2, -0.15) is 0 Å². The van der Waals surface area contributed by atoms with E-state index >= 15 is 0 Å². The fourth-order valence-corrected chi connectivity index (χ4v) is 7.19. The molecule has 66 heavy (non-hydrogen) atoms. The Morgan fingerprint density at radius 3 is 1.32 bits per heavy atom. The summed E-state index contributed by atoms with van der Waals surface area (Å²) in [6, 6.07) is -0.630. The molecular weight excluding hydrogens is 823 g/mol. The molecule has 0 amide bonds. The number of hydrogen-bond acceptors (Lipinski definition) is 6. The topological polar surface area (TPSA) is 99.1 Å². The molecule has 0 saturated heterocycles. The van der Waals surface area contributed by atoms with Crippen LogP contribution in [0.4, 0.5) is 0 Å². The first kappa shape index (κ1) is 62.2. The van der Waals surface area contributed by atoms with Crippen molar-refractivity contribution in [3.8, 4) is 0 Å². The van der Waals surface area contributed by atoms with Crippen LogP contribution < -0.4 is 0 Å². The van der Waals surface area contributed by atoms with Gasteiger partial charge in [-0.05, 0) is 89.9 Å². The average molecular weight is 921 g/mol. The van der Waals surface area contributed by atoms with E-state index in [2.05, 4.69) is 111 Å². The third-order valence-electron chi connectivity index (χ3n) is 11.2. The second-order valence-corrected chi connectivity index (χ2v) is 18.4. The lowest BCUT2D eigenvalue weighted by atomic mass is 10.1. The fourth-order valence-electron chi connectivity index (χ4n) is 7.19. The average Bonchev–Trinajstić information content (AvgIpc) is 3.28. The summed E-state index contributed by atoms with van der Waals surface area (Å²) in [6.45, 7) is 4.56. The van der Waals surface area contributed by atoms with Gasteiger partial charge in [-0.25, -0.2) is 4.79 Å². The lowest BCUT2D eigenvalue weighted by molar-refractivity contribution is -0.887. The van der Waals surface area contributed by atoms with Crippen LogP contribution in [0.15, 0.2) is 97.2 Å². The summed E-state index contributed by atoms with van der Waals surface area (Å²) >= 11 is 0. The molecule has 0 radical (unpaired) electrons. The number of allylic oxidation sites excluding steroid dienone is 16. The lowest BCUT2D eigenvalue weighted by Crippen LogP contribution is -2.50. The molecule has 2 atom stereocenters. The molecule has 0 fully saturated rings. The highest BCUT2D eigenvalue weighted by Gasteiger charge is 2.31. The van der Waals surface area contributed by atoms with Gasteiger partial charge in [-0.15, -0.1) is 0 Å². The van der Waals surface area contributed by atoms with E-state index in [9.17, 15) is 19.5 Å². The summed E-state index contributed by atoms with van der Waals surface area (Å²) in [5.41, 5.74) is 0. The van der Waals surface area contributed by atoms with Crippen molar-refractivity contribution in [3.63, 3.8) is 0 Å². The maximum atomic E-state index is 12.8. The van der Waals surface area contributed by atoms with Crippen molar-refractivity contribution in [1.29, 1.82) is 0 Å². The third kappa shape index (κ3) is 45.4. The Hall–Kier alpha value is -3.75. The zero-order chi connectivity index (χ0) is 48.4. The predicted octanol–water partition coefficient (Wildman–Crippen LogP) is 15.4. The molecule has 0 bridgehead atoms. The maximum absolute atomic E-state index is 12.8. The molecule has 0 aliphatic rings. The summed E-state index contributed by atoms with van der Waals surface area (Å²) in [7, 11) is 5.51. The molecule has 8 heteroatoms. The van der Waals surface area contributed by atoms with Gasteiger partial charge in [-0.3, -0.25) is 9.59 Å². The SMILES string of the molecule is CC/C=C/C/C=C/C/C=C/C/C=C/C/C=C/C/C=C/C/C=C/CCCC(=O)OCC(COCCC(C(=O)O)[N+](C)(C)C)OC(=O)CCCCCCCCC/C=C/CCCCCCCCCC. The van der Waals surface area contributed by atoms with Crippen LogP contribution in [0.3, 0.4) is 0 Å². The van der Waals surface area contributed by atoms with Gasteiger partial charge in [0.15, 0.2) is 12.1 Å². The minimum Gasteiger partial charge on any atom is -0.477 e. The first-order valence-corrected chi connectivity index (χ1v) is 26.3. The molecule has 0 aliphatic carbocycles. The maximum Gasteiger partial charge on any atom is 0.362 e. The minimum absolute atomic E-state index is 0.0359. The Labute approximate surface area is 405 Å². The highest BCUT2D eigenvalue weighted by Crippen LogP contribution is 2.14. The second kappa shape index (κ2) is 47.7. The number of hydrogen-bond donors (Lipinski definition) is 1. The standard InChI is InChI=1S/C58H97NO7/c1-6-8-10-12-14-16-18-20-22-24-26-27-28-29-31-32-34-36-38-40-42-44-46-48-56(60)65-53-54(52-64-51-50-55(58(62)63)59(3,4)5)66-57(61)49-47-45-43-41-39-37-35-33-30-25-23-21-19-17-15-13-11-9-7-2/h8,10,14,16,20,22,25-27,29-31,34,36,40,42,54-55H,6-7,9,11-13,15,17-19,21,23-24,28,32-33,35,37-39,41,43-53H2,1-5H3/p+1/b10-8+,16-14+,22-20+,27-26+,30-25+,31-29+,36-34+,42-40+. The number of unbranched alkanes of at least 4 members (excludes halogenated alkanes) is 16. The number of carboxylic acid groups (broad SMARTS) is 1. The van der Waals surface area contributed by atoms with E-state index in [1.807, 2.05) is 21.1 Å². The van der Waals surface area contributed by atoms with Gasteiger partial charge in [0.1, 0.15) is 6.61 Å². The quantitative estimate of drug-likeness (QED) is 0.0281. The summed E-state index contributed by atoms with van der Waals surface area (Å²) in [5.74, 6) is -1.55. The largest absolute Gasteiger partial charge is 0.477 e. The summed E-state index contributed by atoms with van der Waals surface area (Å²) in [5, 5.41) is 9.66. The molecule has 0 aromatic heterocycles. The number of rotatable bonds is 46. The van der Waals surface area contributed by atoms with Crippen molar-refractivity contribution < 1.29 is 38.2 Å². The van der Waals surface area contributed by atoms with E-state index < -0.39 is 18.1 Å². The molecule has 0 aromatic carbocycles. The van der Waals surface area contributed by atoms with E-state index in [-0.39, 0.29) is 42.7 Å². The zero-order valence-electron chi connectivity index (χ0n) is 42.9. The molecule has 0 spiro atoms. The summed E-state index contributed by atoms with van der Waals surface area (Å²) in [4.78, 5) is 37.2. The number of esters is 2. The van der Waals surface area contributed by atoms with Gasteiger partial charge in [0.2, 0.25) is 0 Å². The van der Waals surface area contributed by atoms with Crippen LogP contribution in [0, 0.1) is 0 Å². The Bertz CT molecular complexity index is 1400. The molecular formula is C58H98NO7+. The number of aliphatic carboxylic acids is 1. The van der Waals surface area contributed by atoms with Crippen LogP contribution in [-0.4, -0.2) is 80.6 Å². The number of ether oxygens (including phenoxy) is 3. The Kier molecular flexibility index (Phi) is 45.0. The van der Waals surface area contributed by atoms with Gasteiger partial charge < -0.3 is 23.8 Å². The number of carbonyl (C=O) groups is 3. The Morgan fingerprint density at radius 1 is 0.470 bits per heavy atom. The van der Waals surface area contributed by atoms with Crippen LogP contribution in [0.2, 0.25) is 0 Å². The van der Waals surface area contributed by atoms with Gasteiger partial charge in [0.05, 0.1) is 34.4 Å². The normalized spacial score (nSPS) is 13.7. The van der Waals surface area contributed by atoms with Crippen molar-refractivity contribution in [2.24, 2.45) is 0 Å². The van der Waals surface area contributed by atoms with E-state index in [0.717, 1.165) is 70.6 Å². The van der Waals surface area contributed by atoms with E-state index in [4.69, 9.17) is 14.2 Å². The molecule has 0 heterocycles. The number of nitrogens with zero attached hydrogens (tertiary/aromatic N) is 1. The first-order chi connectivity index (χ1) is 32.1. The van der Waals surface area contributed by atoms with Crippen molar-refractivity contribution in [2.45, 2.75) is 212 Å². The van der Waals surface area contributed by atoms with Crippen molar-refractivity contribution in [2.75, 3.05) is 41.0 Å². The van der Waals surface area contributed by atoms with Gasteiger partial charge in [0, 0.05) is 19.3 Å². The number of carboxylic acids is 1. The van der Waals surface area contributed by atoms with Crippen LogP contribution in [0.5, 0.6) is 0 Å². The molecule has 0 aliphatic heterocycles. The number of likely N-dealkylation sites (N-methyl/N-ethyl adjacent to an activating group) is 1. The smallest absolute Gasteiger partial charge is 0.362 e. The van der Waals surface area contributed by atoms with E-state index in [1.165, 1.54) is 89.9 Å². The van der Waals surface area contributed by atoms with Gasteiger partial charge in [0.25, 0.3) is 0 Å². The van der Waals surface area contributed by atoms with Crippen LogP contribution >= 0.6 is 0 Å². The molecule has 1 N–H and O–H groups in total. The van der Waals surface area contributed by atoms with E-state index in [1.54, 1.807) is 0 Å². The Balaban J connectivity index is 4.37. The summed E-state index contributed by atoms with van der Waals surface area (Å²) < 4.78 is 17.3. The first-order valence-electron chi connectivity index (χ1n) is 26.3. The highest BCUT2D eigenvalue weighted by atomic mass is 16.6. The van der Waals surface area contributed by atoms with Crippen LogP contribution in [0.25, 0.3) is 0 Å². The molecule has 0 saturated carbocycles. The van der Waals surface area contributed by atoms with Gasteiger partial charge in [-0.1, -0.05) is 188 Å². The van der Waals surface area contributed by atoms with E-state index in [0.29, 0.717) is 19.3 Å². The second-order valence-electron chi connectivity index (χ2n) is 18.4. The van der Waals surface area contributed by atoms with Crippen LogP contribution in [0.1, 0.15) is 200 Å². The Morgan fingerprint density at radius 2 is 0.864 bits per heavy atom. The van der Waals surface area contributed by atoms with Crippen LogP contribution in [-0.2, 0) is 28.6 Å². The predicted molar refractivity (Wildman–Crippen MR) is 279 cm³/mol. The van der Waals surface area contributed by atoms with Crippen molar-refractivity contribution in [1.82, 2.24) is 0 Å². The molecule has 376 valence electrons. The van der Waals surface area contributed by atoms with Crippen molar-refractivity contribution in [3.05, 3.63) is 97.2 Å². The lowest BCUT2D eigenvalue weighted by Gasteiger charge is -2.31. The number of carbonyl (C=O) groups excluding carboxylic acids is 2. The highest BCUT2D eigenvalue weighted by molar-refractivity contribution is 5.72. The zero-order valence-corrected chi connectivity index (χ0v) is 42.9. The molecule has 2 unspecified atom stereocenters.